The molecule has 0 atom stereocenters. The Morgan fingerprint density at radius 2 is 1.83 bits per heavy atom. The lowest BCUT2D eigenvalue weighted by atomic mass is 9.77. The predicted molar refractivity (Wildman–Crippen MR) is 73.9 cm³/mol. The summed E-state index contributed by atoms with van der Waals surface area (Å²) < 4.78 is 5.15. The maximum absolute atomic E-state index is 10.5. The number of benzene rings is 1. The van der Waals surface area contributed by atoms with Crippen molar-refractivity contribution in [1.29, 1.82) is 0 Å². The van der Waals surface area contributed by atoms with E-state index in [4.69, 9.17) is 4.74 Å². The molecular weight excluding hydrogens is 224 g/mol. The Balaban J connectivity index is 1.86. The second kappa shape index (κ2) is 5.75. The topological polar surface area (TPSA) is 29.5 Å². The van der Waals surface area contributed by atoms with Crippen molar-refractivity contribution in [3.8, 4) is 5.75 Å². The number of ether oxygens (including phenoxy) is 1. The molecule has 0 aromatic heterocycles. The average Bonchev–Trinajstić information content (AvgIpc) is 2.41. The molecule has 0 bridgehead atoms. The van der Waals surface area contributed by atoms with E-state index in [2.05, 4.69) is 19.1 Å². The van der Waals surface area contributed by atoms with Crippen LogP contribution in [0.4, 0.5) is 0 Å². The Labute approximate surface area is 110 Å². The molecule has 18 heavy (non-hydrogen) atoms. The molecule has 0 aliphatic heterocycles. The van der Waals surface area contributed by atoms with Crippen molar-refractivity contribution in [2.45, 2.75) is 51.0 Å². The third-order valence-corrected chi connectivity index (χ3v) is 4.24. The Bertz CT molecular complexity index is 361. The van der Waals surface area contributed by atoms with Gasteiger partial charge in [-0.1, -0.05) is 19.1 Å². The highest BCUT2D eigenvalue weighted by Crippen LogP contribution is 2.34. The summed E-state index contributed by atoms with van der Waals surface area (Å²) in [5.41, 5.74) is 0.856. The van der Waals surface area contributed by atoms with Crippen molar-refractivity contribution in [2.24, 2.45) is 5.92 Å². The Hall–Kier alpha value is -1.02. The van der Waals surface area contributed by atoms with Crippen LogP contribution in [0, 0.1) is 5.92 Å². The van der Waals surface area contributed by atoms with E-state index in [0.29, 0.717) is 0 Å². The van der Waals surface area contributed by atoms with Crippen molar-refractivity contribution in [3.63, 3.8) is 0 Å². The van der Waals surface area contributed by atoms with Gasteiger partial charge in [-0.15, -0.1) is 0 Å². The molecule has 100 valence electrons. The van der Waals surface area contributed by atoms with Gasteiger partial charge in [-0.05, 0) is 62.1 Å². The summed E-state index contributed by atoms with van der Waals surface area (Å²) >= 11 is 0. The van der Waals surface area contributed by atoms with Crippen molar-refractivity contribution in [2.75, 3.05) is 7.11 Å². The van der Waals surface area contributed by atoms with E-state index in [0.717, 1.165) is 37.4 Å². The third-order valence-electron chi connectivity index (χ3n) is 4.24. The van der Waals surface area contributed by atoms with Gasteiger partial charge in [0.1, 0.15) is 5.75 Å². The first-order valence-corrected chi connectivity index (χ1v) is 6.97. The summed E-state index contributed by atoms with van der Waals surface area (Å²) in [5.74, 6) is 1.68. The van der Waals surface area contributed by atoms with Crippen LogP contribution in [0.5, 0.6) is 5.75 Å². The van der Waals surface area contributed by atoms with Crippen molar-refractivity contribution < 1.29 is 9.84 Å². The number of methoxy groups -OCH3 is 1. The highest BCUT2D eigenvalue weighted by atomic mass is 16.5. The highest BCUT2D eigenvalue weighted by molar-refractivity contribution is 5.27. The zero-order valence-electron chi connectivity index (χ0n) is 11.5. The molecule has 0 amide bonds. The van der Waals surface area contributed by atoms with Crippen LogP contribution in [0.3, 0.4) is 0 Å². The number of hydrogen-bond donors (Lipinski definition) is 1. The first-order valence-electron chi connectivity index (χ1n) is 6.97. The molecule has 0 heterocycles. The van der Waals surface area contributed by atoms with Gasteiger partial charge in [0.25, 0.3) is 0 Å². The van der Waals surface area contributed by atoms with E-state index in [1.54, 1.807) is 7.11 Å². The van der Waals surface area contributed by atoms with E-state index in [1.165, 1.54) is 18.4 Å². The van der Waals surface area contributed by atoms with E-state index >= 15 is 0 Å². The summed E-state index contributed by atoms with van der Waals surface area (Å²) in [7, 11) is 1.68. The Morgan fingerprint density at radius 3 is 2.39 bits per heavy atom. The number of hydrogen-bond acceptors (Lipinski definition) is 2. The lowest BCUT2D eigenvalue weighted by Gasteiger charge is -2.35. The molecule has 0 saturated heterocycles. The summed E-state index contributed by atoms with van der Waals surface area (Å²) in [4.78, 5) is 0. The quantitative estimate of drug-likeness (QED) is 0.882. The molecule has 0 unspecified atom stereocenters. The average molecular weight is 248 g/mol. The SMILES string of the molecule is COc1ccc(CCC2(O)CCC(C)CC2)cc1. The van der Waals surface area contributed by atoms with Crippen LogP contribution in [0.15, 0.2) is 24.3 Å². The minimum atomic E-state index is -0.424. The molecule has 1 N–H and O–H groups in total. The molecule has 1 aliphatic carbocycles. The van der Waals surface area contributed by atoms with Crippen LogP contribution in [-0.2, 0) is 6.42 Å². The van der Waals surface area contributed by atoms with E-state index < -0.39 is 5.60 Å². The van der Waals surface area contributed by atoms with Gasteiger partial charge in [-0.2, -0.15) is 0 Å². The Morgan fingerprint density at radius 1 is 1.22 bits per heavy atom. The van der Waals surface area contributed by atoms with Gasteiger partial charge < -0.3 is 9.84 Å². The second-order valence-corrected chi connectivity index (χ2v) is 5.75. The maximum atomic E-state index is 10.5. The predicted octanol–water partition coefficient (Wildman–Crippen LogP) is 3.57. The normalized spacial score (nSPS) is 28.1. The van der Waals surface area contributed by atoms with Crippen LogP contribution in [0.2, 0.25) is 0 Å². The zero-order valence-corrected chi connectivity index (χ0v) is 11.5. The van der Waals surface area contributed by atoms with Gasteiger partial charge in [0.2, 0.25) is 0 Å². The fraction of sp³-hybridized carbons (Fsp3) is 0.625. The molecular formula is C16H24O2. The molecule has 1 aromatic rings. The molecule has 1 saturated carbocycles. The van der Waals surface area contributed by atoms with Gasteiger partial charge in [-0.3, -0.25) is 0 Å². The molecule has 1 aliphatic rings. The molecule has 0 spiro atoms. The van der Waals surface area contributed by atoms with Gasteiger partial charge in [0.05, 0.1) is 12.7 Å². The van der Waals surface area contributed by atoms with E-state index in [9.17, 15) is 5.11 Å². The molecule has 1 aromatic carbocycles. The minimum absolute atomic E-state index is 0.424. The van der Waals surface area contributed by atoms with E-state index in [-0.39, 0.29) is 0 Å². The van der Waals surface area contributed by atoms with E-state index in [1.807, 2.05) is 12.1 Å². The second-order valence-electron chi connectivity index (χ2n) is 5.75. The fourth-order valence-electron chi connectivity index (χ4n) is 2.72. The number of aryl methyl sites for hydroxylation is 1. The van der Waals surface area contributed by atoms with Crippen LogP contribution in [-0.4, -0.2) is 17.8 Å². The first-order chi connectivity index (χ1) is 8.61. The van der Waals surface area contributed by atoms with Gasteiger partial charge >= 0.3 is 0 Å². The van der Waals surface area contributed by atoms with Crippen LogP contribution < -0.4 is 4.74 Å². The first kappa shape index (κ1) is 13.4. The summed E-state index contributed by atoms with van der Waals surface area (Å²) in [6, 6.07) is 8.16. The van der Waals surface area contributed by atoms with Gasteiger partial charge in [0.15, 0.2) is 0 Å². The summed E-state index contributed by atoms with van der Waals surface area (Å²) in [6.45, 7) is 2.28. The molecule has 2 heteroatoms. The fourth-order valence-corrected chi connectivity index (χ4v) is 2.72. The third kappa shape index (κ3) is 3.49. The molecule has 2 nitrogen and oxygen atoms in total. The van der Waals surface area contributed by atoms with Crippen LogP contribution in [0.25, 0.3) is 0 Å². The van der Waals surface area contributed by atoms with Crippen molar-refractivity contribution in [1.82, 2.24) is 0 Å². The van der Waals surface area contributed by atoms with Gasteiger partial charge in [0, 0.05) is 0 Å². The lowest BCUT2D eigenvalue weighted by Crippen LogP contribution is -2.33. The summed E-state index contributed by atoms with van der Waals surface area (Å²) in [5, 5.41) is 10.5. The van der Waals surface area contributed by atoms with Crippen molar-refractivity contribution in [3.05, 3.63) is 29.8 Å². The number of aliphatic hydroxyl groups is 1. The lowest BCUT2D eigenvalue weighted by molar-refractivity contribution is -0.0141. The smallest absolute Gasteiger partial charge is 0.118 e. The molecule has 1 fully saturated rings. The zero-order chi connectivity index (χ0) is 13.0. The standard InChI is InChI=1S/C16H24O2/c1-13-7-10-16(17,11-8-13)12-9-14-3-5-15(18-2)6-4-14/h3-6,13,17H,7-12H2,1-2H3. The highest BCUT2D eigenvalue weighted by Gasteiger charge is 2.31. The maximum Gasteiger partial charge on any atom is 0.118 e. The molecule has 0 radical (unpaired) electrons. The monoisotopic (exact) mass is 248 g/mol. The minimum Gasteiger partial charge on any atom is -0.497 e. The largest absolute Gasteiger partial charge is 0.497 e. The van der Waals surface area contributed by atoms with Gasteiger partial charge in [-0.25, -0.2) is 0 Å². The Kier molecular flexibility index (Phi) is 4.28. The van der Waals surface area contributed by atoms with Crippen LogP contribution >= 0.6 is 0 Å². The van der Waals surface area contributed by atoms with Crippen LogP contribution in [0.1, 0.15) is 44.6 Å². The summed E-state index contributed by atoms with van der Waals surface area (Å²) in [6.07, 6.45) is 6.09. The van der Waals surface area contributed by atoms with Crippen molar-refractivity contribution >= 4 is 0 Å². The number of rotatable bonds is 4. The molecule has 2 rings (SSSR count).